The molecule has 150 valence electrons. The number of aldehydes is 1. The van der Waals surface area contributed by atoms with Gasteiger partial charge in [-0.25, -0.2) is 4.79 Å². The van der Waals surface area contributed by atoms with Crippen molar-refractivity contribution in [2.24, 2.45) is 22.4 Å². The van der Waals surface area contributed by atoms with Crippen LogP contribution in [0.4, 0.5) is 4.79 Å². The Hall–Kier alpha value is -2.32. The summed E-state index contributed by atoms with van der Waals surface area (Å²) >= 11 is 0. The molecule has 6 N–H and O–H groups in total. The van der Waals surface area contributed by atoms with Crippen LogP contribution in [0, 0.1) is 5.92 Å². The van der Waals surface area contributed by atoms with Crippen LogP contribution in [0.5, 0.6) is 0 Å². The smallest absolute Gasteiger partial charge is 0.408 e. The number of alkyl carbamates (subject to hydrolysis) is 1. The number of carbonyl (C=O) groups is 3. The maximum Gasteiger partial charge on any atom is 0.408 e. The molecule has 0 aromatic heterocycles. The second-order valence-electron chi connectivity index (χ2n) is 7.53. The fourth-order valence-electron chi connectivity index (χ4n) is 2.16. The first-order chi connectivity index (χ1) is 11.9. The number of nitrogens with zero attached hydrogens (tertiary/aromatic N) is 1. The first kappa shape index (κ1) is 23.7. The summed E-state index contributed by atoms with van der Waals surface area (Å²) in [6.07, 6.45) is 1.28. The van der Waals surface area contributed by atoms with Gasteiger partial charge in [0.25, 0.3) is 0 Å². The van der Waals surface area contributed by atoms with Gasteiger partial charge < -0.3 is 31.6 Å². The van der Waals surface area contributed by atoms with E-state index in [1.54, 1.807) is 20.8 Å². The molecule has 26 heavy (non-hydrogen) atoms. The Morgan fingerprint density at radius 2 is 1.81 bits per heavy atom. The third-order valence-corrected chi connectivity index (χ3v) is 3.17. The highest BCUT2D eigenvalue weighted by atomic mass is 16.6. The summed E-state index contributed by atoms with van der Waals surface area (Å²) in [6, 6.07) is -1.46. The van der Waals surface area contributed by atoms with Gasteiger partial charge in [-0.15, -0.1) is 0 Å². The Morgan fingerprint density at radius 1 is 1.19 bits per heavy atom. The Kier molecular flexibility index (Phi) is 10.3. The minimum absolute atomic E-state index is 0.0379. The zero-order valence-electron chi connectivity index (χ0n) is 16.4. The van der Waals surface area contributed by atoms with Crippen molar-refractivity contribution in [2.45, 2.75) is 71.6 Å². The van der Waals surface area contributed by atoms with Crippen molar-refractivity contribution in [1.29, 1.82) is 0 Å². The van der Waals surface area contributed by atoms with E-state index in [9.17, 15) is 14.4 Å². The molecule has 0 fully saturated rings. The first-order valence-corrected chi connectivity index (χ1v) is 8.75. The van der Waals surface area contributed by atoms with Crippen LogP contribution >= 0.6 is 0 Å². The van der Waals surface area contributed by atoms with Crippen molar-refractivity contribution < 1.29 is 19.1 Å². The van der Waals surface area contributed by atoms with Crippen LogP contribution in [0.2, 0.25) is 0 Å². The standard InChI is InChI=1S/C17H33N5O4/c1-11(2)9-12(10-23)21-14(24)13(7-6-8-20-15(18)19)22-16(25)26-17(3,4)5/h10-13H,6-9H2,1-5H3,(H,21,24)(H,22,25)(H4,18,19,20)/t12-,13-/m1/s1. The molecule has 0 aliphatic heterocycles. The van der Waals surface area contributed by atoms with Crippen molar-refractivity contribution in [1.82, 2.24) is 10.6 Å². The van der Waals surface area contributed by atoms with E-state index in [2.05, 4.69) is 15.6 Å². The molecule has 0 aromatic carbocycles. The first-order valence-electron chi connectivity index (χ1n) is 8.75. The molecule has 0 aliphatic carbocycles. The van der Waals surface area contributed by atoms with E-state index in [-0.39, 0.29) is 11.9 Å². The molecule has 0 radical (unpaired) electrons. The number of hydrogen-bond donors (Lipinski definition) is 4. The normalized spacial score (nSPS) is 13.5. The van der Waals surface area contributed by atoms with Crippen molar-refractivity contribution in [2.75, 3.05) is 6.54 Å². The maximum absolute atomic E-state index is 12.5. The van der Waals surface area contributed by atoms with Gasteiger partial charge >= 0.3 is 6.09 Å². The largest absolute Gasteiger partial charge is 0.444 e. The summed E-state index contributed by atoms with van der Waals surface area (Å²) in [5, 5.41) is 5.20. The van der Waals surface area contributed by atoms with Crippen molar-refractivity contribution in [3.63, 3.8) is 0 Å². The Bertz CT molecular complexity index is 496. The van der Waals surface area contributed by atoms with E-state index < -0.39 is 29.7 Å². The second-order valence-corrected chi connectivity index (χ2v) is 7.53. The van der Waals surface area contributed by atoms with Gasteiger partial charge in [0, 0.05) is 6.54 Å². The van der Waals surface area contributed by atoms with Gasteiger partial charge in [0.1, 0.15) is 17.9 Å². The molecular formula is C17H33N5O4. The van der Waals surface area contributed by atoms with E-state index in [1.165, 1.54) is 0 Å². The summed E-state index contributed by atoms with van der Waals surface area (Å²) < 4.78 is 5.19. The number of guanidine groups is 1. The maximum atomic E-state index is 12.5. The van der Waals surface area contributed by atoms with Gasteiger partial charge in [0.15, 0.2) is 5.96 Å². The molecule has 0 aliphatic rings. The highest BCUT2D eigenvalue weighted by molar-refractivity contribution is 5.87. The third kappa shape index (κ3) is 12.1. The minimum Gasteiger partial charge on any atom is -0.444 e. The third-order valence-electron chi connectivity index (χ3n) is 3.17. The molecule has 0 saturated carbocycles. The Balaban J connectivity index is 4.92. The number of rotatable bonds is 10. The van der Waals surface area contributed by atoms with Gasteiger partial charge in [0.05, 0.1) is 6.04 Å². The number of nitrogens with two attached hydrogens (primary N) is 2. The summed E-state index contributed by atoms with van der Waals surface area (Å²) in [5.74, 6) is -0.244. The van der Waals surface area contributed by atoms with Gasteiger partial charge in [-0.05, 0) is 46.0 Å². The Morgan fingerprint density at radius 3 is 2.27 bits per heavy atom. The van der Waals surface area contributed by atoms with Crippen LogP contribution in [0.3, 0.4) is 0 Å². The van der Waals surface area contributed by atoms with Gasteiger partial charge in [-0.1, -0.05) is 13.8 Å². The predicted octanol–water partition coefficient (Wildman–Crippen LogP) is 0.663. The van der Waals surface area contributed by atoms with Crippen LogP contribution in [-0.4, -0.2) is 48.5 Å². The minimum atomic E-state index is -0.853. The number of hydrogen-bond acceptors (Lipinski definition) is 5. The molecular weight excluding hydrogens is 338 g/mol. The Labute approximate surface area is 155 Å². The van der Waals surface area contributed by atoms with E-state index in [4.69, 9.17) is 16.2 Å². The molecule has 0 bridgehead atoms. The topological polar surface area (TPSA) is 149 Å². The summed E-state index contributed by atoms with van der Waals surface area (Å²) in [7, 11) is 0. The number of aliphatic imine (C=N–C) groups is 1. The van der Waals surface area contributed by atoms with Crippen LogP contribution in [0.25, 0.3) is 0 Å². The lowest BCUT2D eigenvalue weighted by atomic mass is 10.0. The molecule has 2 amide bonds. The number of nitrogens with one attached hydrogen (secondary N) is 2. The van der Waals surface area contributed by atoms with E-state index in [1.807, 2.05) is 13.8 Å². The van der Waals surface area contributed by atoms with E-state index in [0.29, 0.717) is 32.1 Å². The lowest BCUT2D eigenvalue weighted by Gasteiger charge is -2.24. The molecule has 9 nitrogen and oxygen atoms in total. The quantitative estimate of drug-likeness (QED) is 0.192. The molecule has 0 unspecified atom stereocenters. The molecule has 0 saturated heterocycles. The lowest BCUT2D eigenvalue weighted by Crippen LogP contribution is -2.51. The summed E-state index contributed by atoms with van der Waals surface area (Å²) in [6.45, 7) is 9.41. The van der Waals surface area contributed by atoms with E-state index in [0.717, 1.165) is 0 Å². The lowest BCUT2D eigenvalue weighted by molar-refractivity contribution is -0.126. The van der Waals surface area contributed by atoms with Gasteiger partial charge in [-0.2, -0.15) is 0 Å². The fraction of sp³-hybridized carbons (Fsp3) is 0.765. The average Bonchev–Trinajstić information content (AvgIpc) is 2.46. The zero-order chi connectivity index (χ0) is 20.3. The second kappa shape index (κ2) is 11.3. The van der Waals surface area contributed by atoms with Crippen LogP contribution in [-0.2, 0) is 14.3 Å². The van der Waals surface area contributed by atoms with Gasteiger partial charge in [0.2, 0.25) is 5.91 Å². The molecule has 0 rings (SSSR count). The highest BCUT2D eigenvalue weighted by Crippen LogP contribution is 2.09. The van der Waals surface area contributed by atoms with Crippen molar-refractivity contribution >= 4 is 24.2 Å². The molecule has 2 atom stereocenters. The van der Waals surface area contributed by atoms with Crippen molar-refractivity contribution in [3.05, 3.63) is 0 Å². The molecule has 0 aromatic rings. The molecule has 0 spiro atoms. The fourth-order valence-corrected chi connectivity index (χ4v) is 2.16. The highest BCUT2D eigenvalue weighted by Gasteiger charge is 2.25. The zero-order valence-corrected chi connectivity index (χ0v) is 16.4. The SMILES string of the molecule is CC(C)C[C@H](C=O)NC(=O)[C@@H](CCCN=C(N)N)NC(=O)OC(C)(C)C. The average molecular weight is 371 g/mol. The summed E-state index contributed by atoms with van der Waals surface area (Å²) in [5.41, 5.74) is 9.85. The number of carbonyl (C=O) groups excluding carboxylic acids is 3. The van der Waals surface area contributed by atoms with Gasteiger partial charge in [-0.3, -0.25) is 9.79 Å². The molecule has 9 heteroatoms. The van der Waals surface area contributed by atoms with Crippen molar-refractivity contribution in [3.8, 4) is 0 Å². The number of ether oxygens (including phenoxy) is 1. The van der Waals surface area contributed by atoms with Crippen LogP contribution < -0.4 is 22.1 Å². The summed E-state index contributed by atoms with van der Waals surface area (Å²) in [4.78, 5) is 39.5. The number of amides is 2. The predicted molar refractivity (Wildman–Crippen MR) is 101 cm³/mol. The van der Waals surface area contributed by atoms with E-state index >= 15 is 0 Å². The van der Waals surface area contributed by atoms with Crippen LogP contribution in [0.1, 0.15) is 53.9 Å². The monoisotopic (exact) mass is 371 g/mol. The molecule has 0 heterocycles. The van der Waals surface area contributed by atoms with Crippen LogP contribution in [0.15, 0.2) is 4.99 Å².